The summed E-state index contributed by atoms with van der Waals surface area (Å²) in [5.74, 6) is 0.264. The maximum Gasteiger partial charge on any atom is 0.279 e. The van der Waals surface area contributed by atoms with E-state index in [9.17, 15) is 17.2 Å². The predicted molar refractivity (Wildman–Crippen MR) is 58.9 cm³/mol. The Labute approximate surface area is 100.0 Å². The van der Waals surface area contributed by atoms with Crippen molar-refractivity contribution in [3.8, 4) is 0 Å². The molecule has 0 aromatic rings. The van der Waals surface area contributed by atoms with E-state index >= 15 is 0 Å². The third-order valence-corrected chi connectivity index (χ3v) is 4.27. The molecule has 102 valence electrons. The number of hydrogen-bond donors (Lipinski definition) is 2. The first-order chi connectivity index (χ1) is 7.83. The highest BCUT2D eigenvalue weighted by atomic mass is 32.2. The first-order valence-corrected chi connectivity index (χ1v) is 6.98. The molecule has 2 N–H and O–H groups in total. The second kappa shape index (κ2) is 6.03. The second-order valence-corrected chi connectivity index (χ2v) is 6.12. The molecular weight excluding hydrogens is 254 g/mol. The average molecular weight is 272 g/mol. The molecule has 1 saturated heterocycles. The SMILES string of the molecule is CC1CCCN(S(=O)(=O)NCC(O)C(F)F)C1. The molecule has 0 amide bonds. The van der Waals surface area contributed by atoms with Crippen LogP contribution in [0.2, 0.25) is 0 Å². The topological polar surface area (TPSA) is 69.6 Å². The number of aliphatic hydroxyl groups is 1. The van der Waals surface area contributed by atoms with Gasteiger partial charge in [0.15, 0.2) is 0 Å². The van der Waals surface area contributed by atoms with Crippen molar-refractivity contribution in [2.75, 3.05) is 19.6 Å². The van der Waals surface area contributed by atoms with Crippen molar-refractivity contribution in [1.29, 1.82) is 0 Å². The van der Waals surface area contributed by atoms with Gasteiger partial charge in [0, 0.05) is 19.6 Å². The molecule has 0 aromatic heterocycles. The Kier molecular flexibility index (Phi) is 5.23. The fourth-order valence-corrected chi connectivity index (χ4v) is 3.12. The fraction of sp³-hybridized carbons (Fsp3) is 1.00. The highest BCUT2D eigenvalue weighted by Gasteiger charge is 2.28. The first kappa shape index (κ1) is 14.7. The number of hydrogen-bond acceptors (Lipinski definition) is 3. The lowest BCUT2D eigenvalue weighted by atomic mass is 10.0. The van der Waals surface area contributed by atoms with Crippen molar-refractivity contribution in [1.82, 2.24) is 9.03 Å². The molecular formula is C9H18F2N2O3S. The van der Waals surface area contributed by atoms with E-state index < -0.39 is 29.3 Å². The van der Waals surface area contributed by atoms with Crippen LogP contribution >= 0.6 is 0 Å². The molecule has 1 heterocycles. The van der Waals surface area contributed by atoms with E-state index in [1.54, 1.807) is 0 Å². The van der Waals surface area contributed by atoms with Gasteiger partial charge in [-0.25, -0.2) is 8.78 Å². The molecule has 2 atom stereocenters. The van der Waals surface area contributed by atoms with Gasteiger partial charge in [-0.15, -0.1) is 0 Å². The molecule has 1 rings (SSSR count). The molecule has 0 spiro atoms. The Bertz CT molecular complexity index is 337. The van der Waals surface area contributed by atoms with E-state index in [-0.39, 0.29) is 5.92 Å². The van der Waals surface area contributed by atoms with Crippen molar-refractivity contribution in [3.63, 3.8) is 0 Å². The van der Waals surface area contributed by atoms with Crippen LogP contribution in [0.1, 0.15) is 19.8 Å². The Morgan fingerprint density at radius 1 is 1.53 bits per heavy atom. The highest BCUT2D eigenvalue weighted by Crippen LogP contribution is 2.17. The van der Waals surface area contributed by atoms with Gasteiger partial charge in [0.2, 0.25) is 0 Å². The number of halogens is 2. The van der Waals surface area contributed by atoms with Gasteiger partial charge in [0.05, 0.1) is 0 Å². The van der Waals surface area contributed by atoms with Crippen LogP contribution in [0.15, 0.2) is 0 Å². The van der Waals surface area contributed by atoms with E-state index in [1.807, 2.05) is 11.6 Å². The first-order valence-electron chi connectivity index (χ1n) is 5.54. The molecule has 0 bridgehead atoms. The summed E-state index contributed by atoms with van der Waals surface area (Å²) in [7, 11) is -3.75. The molecule has 0 saturated carbocycles. The number of alkyl halides is 2. The van der Waals surface area contributed by atoms with Gasteiger partial charge in [-0.3, -0.25) is 0 Å². The minimum absolute atomic E-state index is 0.264. The number of nitrogens with zero attached hydrogens (tertiary/aromatic N) is 1. The zero-order chi connectivity index (χ0) is 13.1. The molecule has 0 radical (unpaired) electrons. The van der Waals surface area contributed by atoms with Crippen molar-refractivity contribution >= 4 is 10.2 Å². The van der Waals surface area contributed by atoms with Crippen LogP contribution in [-0.4, -0.2) is 50.0 Å². The third kappa shape index (κ3) is 4.46. The van der Waals surface area contributed by atoms with Gasteiger partial charge < -0.3 is 5.11 Å². The van der Waals surface area contributed by atoms with Gasteiger partial charge in [-0.1, -0.05) is 6.92 Å². The van der Waals surface area contributed by atoms with Crippen LogP contribution in [0, 0.1) is 5.92 Å². The summed E-state index contributed by atoms with van der Waals surface area (Å²) in [6, 6.07) is 0. The van der Waals surface area contributed by atoms with Crippen molar-refractivity contribution in [2.45, 2.75) is 32.3 Å². The third-order valence-electron chi connectivity index (χ3n) is 2.73. The Hall–Kier alpha value is -0.310. The molecule has 17 heavy (non-hydrogen) atoms. The smallest absolute Gasteiger partial charge is 0.279 e. The zero-order valence-electron chi connectivity index (χ0n) is 9.64. The van der Waals surface area contributed by atoms with Crippen LogP contribution < -0.4 is 4.72 Å². The van der Waals surface area contributed by atoms with Crippen LogP contribution in [-0.2, 0) is 10.2 Å². The lowest BCUT2D eigenvalue weighted by Gasteiger charge is -2.30. The van der Waals surface area contributed by atoms with E-state index in [2.05, 4.69) is 0 Å². The molecule has 1 fully saturated rings. The number of piperidine rings is 1. The van der Waals surface area contributed by atoms with Crippen LogP contribution in [0.3, 0.4) is 0 Å². The van der Waals surface area contributed by atoms with E-state index in [0.29, 0.717) is 13.1 Å². The molecule has 0 aliphatic carbocycles. The predicted octanol–water partition coefficient (Wildman–Crippen LogP) is 0.179. The number of rotatable bonds is 5. The lowest BCUT2D eigenvalue weighted by Crippen LogP contribution is -2.48. The lowest BCUT2D eigenvalue weighted by molar-refractivity contribution is -0.000668. The monoisotopic (exact) mass is 272 g/mol. The molecule has 2 unspecified atom stereocenters. The normalized spacial score (nSPS) is 25.1. The highest BCUT2D eigenvalue weighted by molar-refractivity contribution is 7.87. The quantitative estimate of drug-likeness (QED) is 0.750. The summed E-state index contributed by atoms with van der Waals surface area (Å²) in [5.41, 5.74) is 0. The van der Waals surface area contributed by atoms with Crippen LogP contribution in [0.4, 0.5) is 8.78 Å². The van der Waals surface area contributed by atoms with Crippen molar-refractivity contribution < 1.29 is 22.3 Å². The van der Waals surface area contributed by atoms with Gasteiger partial charge >= 0.3 is 0 Å². The maximum absolute atomic E-state index is 12.0. The molecule has 0 aromatic carbocycles. The fourth-order valence-electron chi connectivity index (χ4n) is 1.74. The van der Waals surface area contributed by atoms with E-state index in [0.717, 1.165) is 12.8 Å². The summed E-state index contributed by atoms with van der Waals surface area (Å²) in [5, 5.41) is 8.84. The minimum Gasteiger partial charge on any atom is -0.386 e. The Morgan fingerprint density at radius 3 is 2.71 bits per heavy atom. The summed E-state index contributed by atoms with van der Waals surface area (Å²) >= 11 is 0. The van der Waals surface area contributed by atoms with Gasteiger partial charge in [0.1, 0.15) is 6.10 Å². The standard InChI is InChI=1S/C9H18F2N2O3S/c1-7-3-2-4-13(6-7)17(15,16)12-5-8(14)9(10)11/h7-9,12,14H,2-6H2,1H3. The Morgan fingerprint density at radius 2 is 2.18 bits per heavy atom. The summed E-state index contributed by atoms with van der Waals surface area (Å²) in [4.78, 5) is 0. The summed E-state index contributed by atoms with van der Waals surface area (Å²) < 4.78 is 50.7. The van der Waals surface area contributed by atoms with Crippen molar-refractivity contribution in [2.24, 2.45) is 5.92 Å². The second-order valence-electron chi connectivity index (χ2n) is 4.36. The minimum atomic E-state index is -3.75. The average Bonchev–Trinajstić information content (AvgIpc) is 2.26. The van der Waals surface area contributed by atoms with Gasteiger partial charge in [0.25, 0.3) is 16.6 Å². The summed E-state index contributed by atoms with van der Waals surface area (Å²) in [6.07, 6.45) is -3.18. The molecule has 5 nitrogen and oxygen atoms in total. The number of aliphatic hydroxyl groups excluding tert-OH is 1. The van der Waals surface area contributed by atoms with Gasteiger partial charge in [-0.2, -0.15) is 17.4 Å². The van der Waals surface area contributed by atoms with E-state index in [4.69, 9.17) is 5.11 Å². The molecule has 1 aliphatic rings. The maximum atomic E-state index is 12.0. The Balaban J connectivity index is 2.50. The van der Waals surface area contributed by atoms with E-state index in [1.165, 1.54) is 4.31 Å². The van der Waals surface area contributed by atoms with Crippen LogP contribution in [0.25, 0.3) is 0 Å². The number of nitrogens with one attached hydrogen (secondary N) is 1. The van der Waals surface area contributed by atoms with Crippen LogP contribution in [0.5, 0.6) is 0 Å². The molecule has 1 aliphatic heterocycles. The zero-order valence-corrected chi connectivity index (χ0v) is 10.5. The van der Waals surface area contributed by atoms with Crippen molar-refractivity contribution in [3.05, 3.63) is 0 Å². The van der Waals surface area contributed by atoms with Gasteiger partial charge in [-0.05, 0) is 18.8 Å². The molecule has 8 heteroatoms. The summed E-state index contributed by atoms with van der Waals surface area (Å²) in [6.45, 7) is 2.06. The largest absolute Gasteiger partial charge is 0.386 e.